The van der Waals surface area contributed by atoms with E-state index in [4.69, 9.17) is 0 Å². The first-order chi connectivity index (χ1) is 9.20. The number of nitrogens with zero attached hydrogens (tertiary/aromatic N) is 1. The van der Waals surface area contributed by atoms with Crippen LogP contribution in [0.4, 0.5) is 0 Å². The van der Waals surface area contributed by atoms with Crippen LogP contribution >= 0.6 is 63.4 Å². The maximum absolute atomic E-state index is 11.9. The van der Waals surface area contributed by atoms with Crippen molar-refractivity contribution >= 4 is 69.3 Å². The van der Waals surface area contributed by atoms with Crippen LogP contribution in [0.25, 0.3) is 9.88 Å². The van der Waals surface area contributed by atoms with Crippen LogP contribution in [0, 0.1) is 0 Å². The summed E-state index contributed by atoms with van der Waals surface area (Å²) in [6.07, 6.45) is 0. The normalized spacial score (nSPS) is 9.62. The van der Waals surface area contributed by atoms with Gasteiger partial charge in [-0.05, 0) is 28.5 Å². The molecular weight excluding hydrogens is 417 g/mol. The lowest BCUT2D eigenvalue weighted by Gasteiger charge is -2.02. The van der Waals surface area contributed by atoms with Gasteiger partial charge in [-0.1, -0.05) is 6.92 Å². The minimum atomic E-state index is -0.115. The highest BCUT2D eigenvalue weighted by atomic mass is 79.9. The van der Waals surface area contributed by atoms with Gasteiger partial charge in [0.25, 0.3) is 5.91 Å². The zero-order chi connectivity index (χ0) is 13.7. The third kappa shape index (κ3) is 6.22. The third-order valence-electron chi connectivity index (χ3n) is 2.35. The Labute approximate surface area is 152 Å². The lowest BCUT2D eigenvalue weighted by Crippen LogP contribution is -2.31. The van der Waals surface area contributed by atoms with Crippen LogP contribution < -0.4 is 10.6 Å². The van der Waals surface area contributed by atoms with Crippen molar-refractivity contribution < 1.29 is 4.79 Å². The fourth-order valence-electron chi connectivity index (χ4n) is 1.45. The summed E-state index contributed by atoms with van der Waals surface area (Å²) in [6.45, 7) is 4.33. The molecule has 9 heteroatoms. The number of aromatic nitrogens is 1. The van der Waals surface area contributed by atoms with Gasteiger partial charge in [0.05, 0.1) is 4.88 Å². The van der Waals surface area contributed by atoms with Crippen molar-refractivity contribution in [3.8, 4) is 9.88 Å². The molecule has 0 atom stereocenters. The van der Waals surface area contributed by atoms with Gasteiger partial charge in [-0.15, -0.1) is 47.5 Å². The van der Waals surface area contributed by atoms with Gasteiger partial charge in [0.15, 0.2) is 0 Å². The van der Waals surface area contributed by atoms with Gasteiger partial charge >= 0.3 is 0 Å². The van der Waals surface area contributed by atoms with Crippen molar-refractivity contribution in [1.82, 2.24) is 15.6 Å². The van der Waals surface area contributed by atoms with Crippen LogP contribution in [-0.2, 0) is 0 Å². The molecule has 0 aliphatic heterocycles. The van der Waals surface area contributed by atoms with E-state index < -0.39 is 0 Å². The van der Waals surface area contributed by atoms with Crippen LogP contribution in [0.3, 0.4) is 0 Å². The molecule has 0 fully saturated rings. The molecule has 2 rings (SSSR count). The highest BCUT2D eigenvalue weighted by Crippen LogP contribution is 2.31. The van der Waals surface area contributed by atoms with Crippen molar-refractivity contribution in [3.63, 3.8) is 0 Å². The molecule has 21 heavy (non-hydrogen) atoms. The van der Waals surface area contributed by atoms with Crippen LogP contribution in [0.2, 0.25) is 0 Å². The van der Waals surface area contributed by atoms with E-state index in [1.54, 1.807) is 16.7 Å². The molecular formula is C12H16BrCl2N3OS2. The number of amides is 1. The number of hydrogen-bond acceptors (Lipinski definition) is 5. The number of hydrogen-bond donors (Lipinski definition) is 2. The molecule has 118 valence electrons. The zero-order valence-corrected chi connectivity index (χ0v) is 16.1. The lowest BCUT2D eigenvalue weighted by molar-refractivity contribution is 0.0950. The molecule has 0 spiro atoms. The summed E-state index contributed by atoms with van der Waals surface area (Å²) < 4.78 is 1.04. The van der Waals surface area contributed by atoms with E-state index in [1.807, 2.05) is 18.4 Å². The molecule has 2 N–H and O–H groups in total. The van der Waals surface area contributed by atoms with Gasteiger partial charge in [-0.25, -0.2) is 4.98 Å². The molecule has 0 saturated carbocycles. The van der Waals surface area contributed by atoms with Gasteiger partial charge in [-0.2, -0.15) is 0 Å². The summed E-state index contributed by atoms with van der Waals surface area (Å²) in [4.78, 5) is 17.3. The second-order valence-corrected chi connectivity index (χ2v) is 6.46. The van der Waals surface area contributed by atoms with Crippen molar-refractivity contribution in [2.24, 2.45) is 0 Å². The molecule has 1 amide bonds. The quantitative estimate of drug-likeness (QED) is 0.682. The molecule has 2 aromatic heterocycles. The second-order valence-electron chi connectivity index (χ2n) is 3.78. The van der Waals surface area contributed by atoms with E-state index in [1.165, 1.54) is 11.3 Å². The molecule has 4 nitrogen and oxygen atoms in total. The smallest absolute Gasteiger partial charge is 0.270 e. The number of nitrogens with one attached hydrogen (secondary N) is 2. The number of likely N-dealkylation sites (N-methyl/N-ethyl adjacent to an activating group) is 1. The second kappa shape index (κ2) is 10.5. The van der Waals surface area contributed by atoms with E-state index in [0.29, 0.717) is 12.2 Å². The summed E-state index contributed by atoms with van der Waals surface area (Å²) in [5.74, 6) is -0.115. The molecule has 0 aliphatic carbocycles. The molecule has 2 aromatic rings. The van der Waals surface area contributed by atoms with Gasteiger partial charge in [0, 0.05) is 28.3 Å². The van der Waals surface area contributed by atoms with Crippen LogP contribution in [0.15, 0.2) is 21.3 Å². The standard InChI is InChI=1S/C12H14BrN3OS2.2ClH/c1-2-14-3-4-15-11(17)9-7-19-12(16-9)10-5-8(13)6-18-10;;/h5-7,14H,2-4H2,1H3,(H,15,17);2*1H. The molecule has 0 saturated heterocycles. The predicted molar refractivity (Wildman–Crippen MR) is 98.5 cm³/mol. The maximum Gasteiger partial charge on any atom is 0.270 e. The molecule has 0 aromatic carbocycles. The molecule has 2 heterocycles. The van der Waals surface area contributed by atoms with E-state index in [-0.39, 0.29) is 30.7 Å². The summed E-state index contributed by atoms with van der Waals surface area (Å²) in [5, 5.41) is 10.7. The average Bonchev–Trinajstić information content (AvgIpc) is 3.02. The minimum absolute atomic E-state index is 0. The molecule has 0 unspecified atom stereocenters. The number of rotatable bonds is 6. The fourth-order valence-corrected chi connectivity index (χ4v) is 3.76. The van der Waals surface area contributed by atoms with Crippen LogP contribution in [0.5, 0.6) is 0 Å². The first-order valence-corrected chi connectivity index (χ1v) is 8.44. The third-order valence-corrected chi connectivity index (χ3v) is 5.05. The predicted octanol–water partition coefficient (Wildman–Crippen LogP) is 3.82. The molecule has 0 radical (unpaired) electrons. The van der Waals surface area contributed by atoms with Gasteiger partial charge in [-0.3, -0.25) is 4.79 Å². The van der Waals surface area contributed by atoms with Crippen LogP contribution in [-0.4, -0.2) is 30.5 Å². The summed E-state index contributed by atoms with van der Waals surface area (Å²) in [6, 6.07) is 2.01. The zero-order valence-electron chi connectivity index (χ0n) is 11.2. The molecule has 0 aliphatic rings. The van der Waals surface area contributed by atoms with Crippen molar-refractivity contribution in [2.45, 2.75) is 6.92 Å². The Bertz CT molecular complexity index is 562. The minimum Gasteiger partial charge on any atom is -0.349 e. The largest absolute Gasteiger partial charge is 0.349 e. The highest BCUT2D eigenvalue weighted by Gasteiger charge is 2.12. The van der Waals surface area contributed by atoms with Gasteiger partial charge in [0.1, 0.15) is 10.7 Å². The lowest BCUT2D eigenvalue weighted by atomic mass is 10.4. The van der Waals surface area contributed by atoms with Crippen LogP contribution in [0.1, 0.15) is 17.4 Å². The molecule has 0 bridgehead atoms. The van der Waals surface area contributed by atoms with Crippen molar-refractivity contribution in [2.75, 3.05) is 19.6 Å². The fraction of sp³-hybridized carbons (Fsp3) is 0.333. The average molecular weight is 433 g/mol. The van der Waals surface area contributed by atoms with Gasteiger partial charge in [0.2, 0.25) is 0 Å². The number of carbonyl (C=O) groups is 1. The van der Waals surface area contributed by atoms with Crippen molar-refractivity contribution in [3.05, 3.63) is 27.0 Å². The number of carbonyl (C=O) groups excluding carboxylic acids is 1. The van der Waals surface area contributed by atoms with Crippen molar-refractivity contribution in [1.29, 1.82) is 0 Å². The number of halogens is 3. The van der Waals surface area contributed by atoms with E-state index in [2.05, 4.69) is 31.5 Å². The maximum atomic E-state index is 11.9. The Morgan fingerprint density at radius 2 is 2.05 bits per heavy atom. The first-order valence-electron chi connectivity index (χ1n) is 5.89. The summed E-state index contributed by atoms with van der Waals surface area (Å²) in [5.41, 5.74) is 0.487. The van der Waals surface area contributed by atoms with E-state index >= 15 is 0 Å². The monoisotopic (exact) mass is 431 g/mol. The van der Waals surface area contributed by atoms with E-state index in [9.17, 15) is 4.79 Å². The Kier molecular flexibility index (Phi) is 10.4. The van der Waals surface area contributed by atoms with Gasteiger partial charge < -0.3 is 10.6 Å². The Hall–Kier alpha value is -0.180. The Morgan fingerprint density at radius 1 is 1.29 bits per heavy atom. The number of thiazole rings is 1. The highest BCUT2D eigenvalue weighted by molar-refractivity contribution is 9.10. The number of thiophene rings is 1. The summed E-state index contributed by atoms with van der Waals surface area (Å²) in [7, 11) is 0. The summed E-state index contributed by atoms with van der Waals surface area (Å²) >= 11 is 6.52. The first kappa shape index (κ1) is 20.8. The SMILES string of the molecule is CCNCCNC(=O)c1csc(-c2cc(Br)cs2)n1.Cl.Cl. The van der Waals surface area contributed by atoms with E-state index in [0.717, 1.165) is 27.4 Å². The Balaban J connectivity index is 0.00000200. The topological polar surface area (TPSA) is 54.0 Å². The Morgan fingerprint density at radius 3 is 2.67 bits per heavy atom.